The van der Waals surface area contributed by atoms with Crippen LogP contribution in [0.15, 0.2) is 35.5 Å². The highest BCUT2D eigenvalue weighted by atomic mass is 127. The van der Waals surface area contributed by atoms with Gasteiger partial charge in [-0.3, -0.25) is 4.68 Å². The van der Waals surface area contributed by atoms with Gasteiger partial charge in [-0.2, -0.15) is 5.10 Å². The van der Waals surface area contributed by atoms with E-state index in [0.717, 1.165) is 36.2 Å². The number of halogens is 1. The van der Waals surface area contributed by atoms with Crippen LogP contribution in [-0.2, 0) is 19.0 Å². The minimum atomic E-state index is -0.0936. The number of benzene rings is 1. The molecule has 0 bridgehead atoms. The van der Waals surface area contributed by atoms with Crippen LogP contribution in [0.1, 0.15) is 32.0 Å². The fraction of sp³-hybridized carbons (Fsp3) is 0.474. The van der Waals surface area contributed by atoms with Crippen LogP contribution in [0, 0.1) is 0 Å². The molecule has 2 aromatic rings. The topological polar surface area (TPSA) is 72.7 Å². The van der Waals surface area contributed by atoms with Crippen molar-refractivity contribution >= 4 is 29.9 Å². The van der Waals surface area contributed by atoms with E-state index in [1.165, 1.54) is 5.56 Å². The summed E-state index contributed by atoms with van der Waals surface area (Å²) in [5.41, 5.74) is 2.16. The summed E-state index contributed by atoms with van der Waals surface area (Å²) in [6, 6.07) is 8.10. The lowest BCUT2D eigenvalue weighted by Gasteiger charge is -2.27. The van der Waals surface area contributed by atoms with E-state index in [9.17, 15) is 0 Å². The molecule has 0 aliphatic carbocycles. The van der Waals surface area contributed by atoms with Gasteiger partial charge in [0.1, 0.15) is 0 Å². The molecular formula is C19H28IN5O2. The van der Waals surface area contributed by atoms with Gasteiger partial charge in [0.15, 0.2) is 17.5 Å². The van der Waals surface area contributed by atoms with Crippen LogP contribution in [0.3, 0.4) is 0 Å². The van der Waals surface area contributed by atoms with Gasteiger partial charge in [-0.25, -0.2) is 4.99 Å². The van der Waals surface area contributed by atoms with Gasteiger partial charge in [0, 0.05) is 31.7 Å². The molecular weight excluding hydrogens is 457 g/mol. The van der Waals surface area contributed by atoms with Crippen LogP contribution in [0.25, 0.3) is 0 Å². The number of rotatable bonds is 6. The number of hydrogen-bond acceptors (Lipinski definition) is 4. The average molecular weight is 485 g/mol. The van der Waals surface area contributed by atoms with Gasteiger partial charge in [0.2, 0.25) is 6.79 Å². The van der Waals surface area contributed by atoms with E-state index in [0.29, 0.717) is 13.3 Å². The maximum atomic E-state index is 5.50. The molecule has 27 heavy (non-hydrogen) atoms. The van der Waals surface area contributed by atoms with Crippen LogP contribution in [0.4, 0.5) is 0 Å². The second kappa shape index (κ2) is 9.29. The fourth-order valence-corrected chi connectivity index (χ4v) is 2.78. The van der Waals surface area contributed by atoms with Crippen molar-refractivity contribution in [2.24, 2.45) is 12.0 Å². The summed E-state index contributed by atoms with van der Waals surface area (Å²) in [6.07, 6.45) is 1.79. The number of nitrogens with one attached hydrogen (secondary N) is 2. The number of aryl methyl sites for hydroxylation is 1. The van der Waals surface area contributed by atoms with Crippen LogP contribution < -0.4 is 20.1 Å². The molecule has 0 atom stereocenters. The van der Waals surface area contributed by atoms with Crippen molar-refractivity contribution in [1.29, 1.82) is 0 Å². The lowest BCUT2D eigenvalue weighted by molar-refractivity contribution is 0.174. The minimum absolute atomic E-state index is 0. The Kier molecular flexibility index (Phi) is 7.34. The standard InChI is InChI=1S/C19H27N5O2.HI/c1-5-20-18(21-11-15-8-9-23-24(15)4)22-12-19(2,3)14-6-7-16-17(10-14)26-13-25-16;/h6-10H,5,11-13H2,1-4H3,(H2,20,21,22);1H. The van der Waals surface area contributed by atoms with Gasteiger partial charge in [-0.1, -0.05) is 19.9 Å². The molecule has 1 aliphatic heterocycles. The van der Waals surface area contributed by atoms with E-state index >= 15 is 0 Å². The molecule has 148 valence electrons. The third kappa shape index (κ3) is 5.27. The first-order valence-corrected chi connectivity index (χ1v) is 8.89. The van der Waals surface area contributed by atoms with Gasteiger partial charge >= 0.3 is 0 Å². The minimum Gasteiger partial charge on any atom is -0.454 e. The SMILES string of the molecule is CCNC(=NCc1ccnn1C)NCC(C)(C)c1ccc2c(c1)OCO2.I. The summed E-state index contributed by atoms with van der Waals surface area (Å²) >= 11 is 0. The quantitative estimate of drug-likeness (QED) is 0.374. The zero-order valence-corrected chi connectivity index (χ0v) is 18.6. The first-order chi connectivity index (χ1) is 12.5. The summed E-state index contributed by atoms with van der Waals surface area (Å²) in [5, 5.41) is 10.9. The molecule has 1 aromatic carbocycles. The Morgan fingerprint density at radius 3 is 2.70 bits per heavy atom. The molecule has 0 radical (unpaired) electrons. The van der Waals surface area contributed by atoms with Crippen molar-refractivity contribution in [2.45, 2.75) is 32.7 Å². The molecule has 2 N–H and O–H groups in total. The largest absolute Gasteiger partial charge is 0.454 e. The van der Waals surface area contributed by atoms with E-state index in [2.05, 4.69) is 53.6 Å². The van der Waals surface area contributed by atoms with Crippen molar-refractivity contribution in [3.63, 3.8) is 0 Å². The monoisotopic (exact) mass is 485 g/mol. The molecule has 0 unspecified atom stereocenters. The van der Waals surface area contributed by atoms with Crippen molar-refractivity contribution in [3.05, 3.63) is 41.7 Å². The van der Waals surface area contributed by atoms with Crippen LogP contribution in [-0.4, -0.2) is 35.6 Å². The molecule has 0 saturated carbocycles. The van der Waals surface area contributed by atoms with Crippen molar-refractivity contribution < 1.29 is 9.47 Å². The average Bonchev–Trinajstić information content (AvgIpc) is 3.25. The number of guanidine groups is 1. The number of hydrogen-bond donors (Lipinski definition) is 2. The van der Waals surface area contributed by atoms with E-state index in [-0.39, 0.29) is 29.4 Å². The van der Waals surface area contributed by atoms with E-state index in [1.54, 1.807) is 6.20 Å². The van der Waals surface area contributed by atoms with Crippen LogP contribution in [0.2, 0.25) is 0 Å². The van der Waals surface area contributed by atoms with E-state index in [4.69, 9.17) is 9.47 Å². The number of aliphatic imine (C=N–C) groups is 1. The highest BCUT2D eigenvalue weighted by molar-refractivity contribution is 14.0. The number of ether oxygens (including phenoxy) is 2. The molecule has 0 spiro atoms. The Hall–Kier alpha value is -1.97. The summed E-state index contributed by atoms with van der Waals surface area (Å²) < 4.78 is 12.7. The third-order valence-electron chi connectivity index (χ3n) is 4.52. The van der Waals surface area contributed by atoms with Gasteiger partial charge in [0.05, 0.1) is 12.2 Å². The molecule has 1 aliphatic rings. The van der Waals surface area contributed by atoms with E-state index in [1.807, 2.05) is 23.9 Å². The summed E-state index contributed by atoms with van der Waals surface area (Å²) in [5.74, 6) is 2.42. The Morgan fingerprint density at radius 2 is 2.00 bits per heavy atom. The predicted octanol–water partition coefficient (Wildman–Crippen LogP) is 2.80. The van der Waals surface area contributed by atoms with Crippen molar-refractivity contribution in [3.8, 4) is 11.5 Å². The molecule has 0 amide bonds. The molecule has 7 nitrogen and oxygen atoms in total. The second-order valence-electron chi connectivity index (χ2n) is 6.95. The zero-order valence-electron chi connectivity index (χ0n) is 16.3. The van der Waals surface area contributed by atoms with E-state index < -0.39 is 0 Å². The number of nitrogens with zero attached hydrogens (tertiary/aromatic N) is 3. The first-order valence-electron chi connectivity index (χ1n) is 8.89. The highest BCUT2D eigenvalue weighted by Gasteiger charge is 2.24. The summed E-state index contributed by atoms with van der Waals surface area (Å²) in [6.45, 7) is 8.87. The third-order valence-corrected chi connectivity index (χ3v) is 4.52. The predicted molar refractivity (Wildman–Crippen MR) is 117 cm³/mol. The Morgan fingerprint density at radius 1 is 1.22 bits per heavy atom. The normalized spacial score (nSPS) is 13.3. The van der Waals surface area contributed by atoms with Crippen molar-refractivity contribution in [2.75, 3.05) is 19.9 Å². The lowest BCUT2D eigenvalue weighted by Crippen LogP contribution is -2.43. The van der Waals surface area contributed by atoms with Gasteiger partial charge in [-0.05, 0) is 30.7 Å². The van der Waals surface area contributed by atoms with Gasteiger partial charge in [0.25, 0.3) is 0 Å². The molecule has 0 fully saturated rings. The molecule has 1 aromatic heterocycles. The molecule has 2 heterocycles. The number of fused-ring (bicyclic) bond motifs is 1. The second-order valence-corrected chi connectivity index (χ2v) is 6.95. The highest BCUT2D eigenvalue weighted by Crippen LogP contribution is 2.36. The maximum Gasteiger partial charge on any atom is 0.231 e. The molecule has 0 saturated heterocycles. The lowest BCUT2D eigenvalue weighted by atomic mass is 9.84. The Balaban J connectivity index is 0.00000261. The summed E-state index contributed by atoms with van der Waals surface area (Å²) in [4.78, 5) is 4.66. The number of aromatic nitrogens is 2. The summed E-state index contributed by atoms with van der Waals surface area (Å²) in [7, 11) is 1.92. The maximum absolute atomic E-state index is 5.50. The fourth-order valence-electron chi connectivity index (χ4n) is 2.78. The van der Waals surface area contributed by atoms with Crippen LogP contribution >= 0.6 is 24.0 Å². The smallest absolute Gasteiger partial charge is 0.231 e. The Labute approximate surface area is 177 Å². The Bertz CT molecular complexity index is 788. The van der Waals surface area contributed by atoms with Gasteiger partial charge < -0.3 is 20.1 Å². The van der Waals surface area contributed by atoms with Crippen LogP contribution in [0.5, 0.6) is 11.5 Å². The van der Waals surface area contributed by atoms with Gasteiger partial charge in [-0.15, -0.1) is 24.0 Å². The molecule has 8 heteroatoms. The first kappa shape index (κ1) is 21.3. The zero-order chi connectivity index (χ0) is 18.6. The molecule has 3 rings (SSSR count). The van der Waals surface area contributed by atoms with Crippen molar-refractivity contribution in [1.82, 2.24) is 20.4 Å².